The monoisotopic (exact) mass is 852 g/mol. The van der Waals surface area contributed by atoms with E-state index in [-0.39, 0.29) is 29.5 Å². The number of para-hydroxylation sites is 2. The van der Waals surface area contributed by atoms with Crippen molar-refractivity contribution in [3.63, 3.8) is 0 Å². The Labute approximate surface area is 381 Å². The molecule has 0 unspecified atom stereocenters. The number of benzene rings is 8. The van der Waals surface area contributed by atoms with Gasteiger partial charge in [-0.1, -0.05) is 164 Å². The molecule has 8 aromatic carbocycles. The summed E-state index contributed by atoms with van der Waals surface area (Å²) in [6.45, 7) is 3.89. The van der Waals surface area contributed by atoms with Crippen molar-refractivity contribution in [1.29, 1.82) is 0 Å². The lowest BCUT2D eigenvalue weighted by molar-refractivity contribution is 0.0877. The van der Waals surface area contributed by atoms with Gasteiger partial charge in [-0.05, 0) is 111 Å². The Bertz CT molecular complexity index is 3550. The summed E-state index contributed by atoms with van der Waals surface area (Å²) in [5.74, 6) is -1.31. The van der Waals surface area contributed by atoms with Crippen molar-refractivity contribution in [1.82, 2.24) is 0 Å². The molecule has 0 saturated carbocycles. The highest BCUT2D eigenvalue weighted by Crippen LogP contribution is 2.44. The average molecular weight is 853 g/mol. The van der Waals surface area contributed by atoms with E-state index in [0.29, 0.717) is 44.4 Å². The Hall–Kier alpha value is -8.48. The smallest absolute Gasteiger partial charge is 0.266 e. The summed E-state index contributed by atoms with van der Waals surface area (Å²) < 4.78 is 0. The predicted molar refractivity (Wildman–Crippen MR) is 265 cm³/mol. The fraction of sp³-hybridized carbons (Fsp3) is 0.0667. The molecular weight excluding hydrogens is 813 g/mol. The minimum absolute atomic E-state index is 0.0174. The number of anilines is 2. The van der Waals surface area contributed by atoms with Crippen molar-refractivity contribution in [3.05, 3.63) is 233 Å². The standard InChI is InChI=1S/C60H40N2O4/c1-35-11-7-17-45(39-13-3-4-14-39)55(35)61-57(63)49-21-9-19-47-43(31-33-51(53(47)49)59(61)65)41-27-23-37(24-28-41)38-25-29-42(30-26-38)44-32-34-52-54-48(44)20-10-22-50(54)58(64)62(60(52)66)56-36(2)12-8-18-46(56)40-15-5-6-16-40/h3-5,7-34,39H,6H2,1-2H3. The van der Waals surface area contributed by atoms with Gasteiger partial charge in [0.15, 0.2) is 0 Å². The lowest BCUT2D eigenvalue weighted by Crippen LogP contribution is -2.41. The SMILES string of the molecule is Cc1cccc(C2=CCC=C2)c1N1C(=O)c2cccc3c(-c4ccc(-c5ccc(-c6ccc7c8c(cccc68)C(=O)N(c6c(C)cccc6C6C=CC=C6)C7=O)cc5)cc4)ccc(c23)C1=O. The quantitative estimate of drug-likeness (QED) is 0.150. The van der Waals surface area contributed by atoms with Crippen LogP contribution in [-0.4, -0.2) is 23.6 Å². The molecule has 0 atom stereocenters. The number of amides is 4. The minimum atomic E-state index is -0.324. The predicted octanol–water partition coefficient (Wildman–Crippen LogP) is 13.8. The Kier molecular flexibility index (Phi) is 8.94. The third kappa shape index (κ3) is 5.88. The van der Waals surface area contributed by atoms with Crippen molar-refractivity contribution < 1.29 is 19.2 Å². The molecule has 314 valence electrons. The molecule has 6 heteroatoms. The number of nitrogens with zero attached hydrogens (tertiary/aromatic N) is 2. The molecule has 0 fully saturated rings. The summed E-state index contributed by atoms with van der Waals surface area (Å²) in [4.78, 5) is 60.3. The molecule has 6 nitrogen and oxygen atoms in total. The first-order valence-corrected chi connectivity index (χ1v) is 22.3. The average Bonchev–Trinajstić information content (AvgIpc) is 4.10. The largest absolute Gasteiger partial charge is 0.268 e. The molecule has 0 bridgehead atoms. The van der Waals surface area contributed by atoms with Gasteiger partial charge in [-0.2, -0.15) is 0 Å². The van der Waals surface area contributed by atoms with Crippen LogP contribution in [0.25, 0.3) is 60.5 Å². The second kappa shape index (κ2) is 15.1. The molecule has 4 amide bonds. The zero-order chi connectivity index (χ0) is 44.8. The highest BCUT2D eigenvalue weighted by atomic mass is 16.2. The van der Waals surface area contributed by atoms with Gasteiger partial charge in [0.1, 0.15) is 0 Å². The van der Waals surface area contributed by atoms with E-state index in [4.69, 9.17) is 0 Å². The number of hydrogen-bond donors (Lipinski definition) is 0. The number of carbonyl (C=O) groups excluding carboxylic acids is 4. The number of hydrogen-bond acceptors (Lipinski definition) is 4. The molecule has 0 aromatic heterocycles. The van der Waals surface area contributed by atoms with E-state index in [1.54, 1.807) is 0 Å². The summed E-state index contributed by atoms with van der Waals surface area (Å²) in [5.41, 5.74) is 13.7. The van der Waals surface area contributed by atoms with Gasteiger partial charge < -0.3 is 0 Å². The van der Waals surface area contributed by atoms with Crippen LogP contribution in [0.4, 0.5) is 11.4 Å². The van der Waals surface area contributed by atoms with Gasteiger partial charge in [0, 0.05) is 44.5 Å². The van der Waals surface area contributed by atoms with Crippen LogP contribution in [0.2, 0.25) is 0 Å². The second-order valence-electron chi connectivity index (χ2n) is 17.4. The van der Waals surface area contributed by atoms with Crippen LogP contribution in [0.1, 0.15) is 76.0 Å². The topological polar surface area (TPSA) is 74.8 Å². The third-order valence-corrected chi connectivity index (χ3v) is 13.7. The fourth-order valence-electron chi connectivity index (χ4n) is 10.5. The Balaban J connectivity index is 0.841. The van der Waals surface area contributed by atoms with E-state index in [1.165, 1.54) is 9.80 Å². The normalized spacial score (nSPS) is 15.3. The molecule has 0 radical (unpaired) electrons. The van der Waals surface area contributed by atoms with Gasteiger partial charge in [0.05, 0.1) is 11.4 Å². The second-order valence-corrected chi connectivity index (χ2v) is 17.4. The maximum Gasteiger partial charge on any atom is 0.266 e. The van der Waals surface area contributed by atoms with Crippen molar-refractivity contribution >= 4 is 62.1 Å². The fourth-order valence-corrected chi connectivity index (χ4v) is 10.5. The Morgan fingerprint density at radius 1 is 0.424 bits per heavy atom. The van der Waals surface area contributed by atoms with Crippen LogP contribution >= 0.6 is 0 Å². The van der Waals surface area contributed by atoms with Crippen molar-refractivity contribution in [2.24, 2.45) is 0 Å². The van der Waals surface area contributed by atoms with Crippen molar-refractivity contribution in [2.45, 2.75) is 26.2 Å². The Morgan fingerprint density at radius 3 is 1.36 bits per heavy atom. The van der Waals surface area contributed by atoms with Crippen LogP contribution in [0.15, 0.2) is 188 Å². The molecule has 4 aliphatic rings. The summed E-state index contributed by atoms with van der Waals surface area (Å²) in [6, 6.07) is 47.6. The molecule has 2 aliphatic carbocycles. The van der Waals surface area contributed by atoms with Gasteiger partial charge in [-0.25, -0.2) is 9.80 Å². The zero-order valence-corrected chi connectivity index (χ0v) is 36.2. The number of imide groups is 2. The third-order valence-electron chi connectivity index (χ3n) is 13.7. The maximum absolute atomic E-state index is 14.4. The number of carbonyl (C=O) groups is 4. The van der Waals surface area contributed by atoms with Crippen LogP contribution in [0.3, 0.4) is 0 Å². The molecule has 8 aromatic rings. The number of aryl methyl sites for hydroxylation is 2. The summed E-state index contributed by atoms with van der Waals surface area (Å²) in [5, 5.41) is 3.06. The van der Waals surface area contributed by atoms with Crippen LogP contribution in [0, 0.1) is 13.8 Å². The molecular formula is C60H40N2O4. The highest BCUT2D eigenvalue weighted by molar-refractivity contribution is 6.38. The molecule has 0 N–H and O–H groups in total. The lowest BCUT2D eigenvalue weighted by atomic mass is 9.87. The first-order chi connectivity index (χ1) is 32.3. The van der Waals surface area contributed by atoms with E-state index >= 15 is 0 Å². The minimum Gasteiger partial charge on any atom is -0.268 e. The Morgan fingerprint density at radius 2 is 0.848 bits per heavy atom. The summed E-state index contributed by atoms with van der Waals surface area (Å²) in [6.07, 6.45) is 15.2. The van der Waals surface area contributed by atoms with Crippen LogP contribution in [-0.2, 0) is 0 Å². The molecule has 0 saturated heterocycles. The highest BCUT2D eigenvalue weighted by Gasteiger charge is 2.38. The van der Waals surface area contributed by atoms with Crippen LogP contribution < -0.4 is 9.80 Å². The number of allylic oxidation sites excluding steroid dienone is 8. The first-order valence-electron chi connectivity index (χ1n) is 22.3. The molecule has 2 heterocycles. The zero-order valence-electron chi connectivity index (χ0n) is 36.2. The number of rotatable bonds is 7. The van der Waals surface area contributed by atoms with Gasteiger partial charge in [0.25, 0.3) is 23.6 Å². The van der Waals surface area contributed by atoms with Gasteiger partial charge >= 0.3 is 0 Å². The molecule has 0 spiro atoms. The van der Waals surface area contributed by atoms with Gasteiger partial charge in [0.2, 0.25) is 0 Å². The lowest BCUT2D eigenvalue weighted by Gasteiger charge is -2.31. The van der Waals surface area contributed by atoms with E-state index in [2.05, 4.69) is 72.8 Å². The summed E-state index contributed by atoms with van der Waals surface area (Å²) in [7, 11) is 0. The van der Waals surface area contributed by atoms with E-state index in [0.717, 1.165) is 78.4 Å². The van der Waals surface area contributed by atoms with E-state index in [9.17, 15) is 19.2 Å². The maximum atomic E-state index is 14.4. The van der Waals surface area contributed by atoms with Gasteiger partial charge in [-0.15, -0.1) is 0 Å². The summed E-state index contributed by atoms with van der Waals surface area (Å²) >= 11 is 0. The molecule has 12 rings (SSSR count). The molecule has 2 aliphatic heterocycles. The van der Waals surface area contributed by atoms with E-state index < -0.39 is 0 Å². The van der Waals surface area contributed by atoms with Crippen LogP contribution in [0.5, 0.6) is 0 Å². The van der Waals surface area contributed by atoms with Gasteiger partial charge in [-0.3, -0.25) is 19.2 Å². The van der Waals surface area contributed by atoms with Crippen molar-refractivity contribution in [3.8, 4) is 33.4 Å². The van der Waals surface area contributed by atoms with E-state index in [1.807, 2.05) is 129 Å². The molecule has 66 heavy (non-hydrogen) atoms. The van der Waals surface area contributed by atoms with Crippen molar-refractivity contribution in [2.75, 3.05) is 9.80 Å². The first kappa shape index (κ1) is 39.1.